The number of carbonyl (C=O) groups excluding carboxylic acids is 2. The first-order valence-electron chi connectivity index (χ1n) is 13.2. The zero-order chi connectivity index (χ0) is 26.5. The normalized spacial score (nSPS) is 18.8. The smallest absolute Gasteiger partial charge is 0.247 e. The first kappa shape index (κ1) is 25.9. The van der Waals surface area contributed by atoms with E-state index in [2.05, 4.69) is 58.3 Å². The van der Waals surface area contributed by atoms with Gasteiger partial charge in [-0.1, -0.05) is 66.7 Å². The van der Waals surface area contributed by atoms with Crippen LogP contribution in [0.4, 0.5) is 0 Å². The van der Waals surface area contributed by atoms with Crippen molar-refractivity contribution in [2.24, 2.45) is 0 Å². The third kappa shape index (κ3) is 5.44. The third-order valence-corrected chi connectivity index (χ3v) is 7.68. The number of hydrogen-bond acceptors (Lipinski definition) is 6. The van der Waals surface area contributed by atoms with Crippen LogP contribution in [-0.2, 0) is 16.0 Å². The summed E-state index contributed by atoms with van der Waals surface area (Å²) in [4.78, 5) is 32.3. The quantitative estimate of drug-likeness (QED) is 0.406. The summed E-state index contributed by atoms with van der Waals surface area (Å²) in [6.45, 7) is 3.54. The lowest BCUT2D eigenvalue weighted by Gasteiger charge is -2.41. The molecule has 38 heavy (non-hydrogen) atoms. The van der Waals surface area contributed by atoms with Crippen molar-refractivity contribution in [1.82, 2.24) is 14.7 Å². The fourth-order valence-electron chi connectivity index (χ4n) is 5.65. The van der Waals surface area contributed by atoms with Crippen molar-refractivity contribution < 1.29 is 19.1 Å². The highest BCUT2D eigenvalue weighted by molar-refractivity contribution is 6.05. The predicted molar refractivity (Wildman–Crippen MR) is 146 cm³/mol. The number of piperazine rings is 1. The van der Waals surface area contributed by atoms with Gasteiger partial charge in [0.25, 0.3) is 0 Å². The van der Waals surface area contributed by atoms with Crippen LogP contribution in [0.2, 0.25) is 0 Å². The van der Waals surface area contributed by atoms with Gasteiger partial charge in [0, 0.05) is 32.7 Å². The average molecular weight is 514 g/mol. The number of carbonyl (C=O) groups is 2. The van der Waals surface area contributed by atoms with E-state index in [1.54, 1.807) is 14.2 Å². The molecule has 0 aliphatic carbocycles. The van der Waals surface area contributed by atoms with Crippen molar-refractivity contribution in [3.05, 3.63) is 95.6 Å². The number of rotatable bonds is 9. The summed E-state index contributed by atoms with van der Waals surface area (Å²) in [7, 11) is 3.20. The molecule has 5 rings (SSSR count). The Morgan fingerprint density at radius 1 is 0.789 bits per heavy atom. The third-order valence-electron chi connectivity index (χ3n) is 7.68. The molecule has 0 aromatic heterocycles. The SMILES string of the molecule is COc1ccc(CCN2C(=O)C[C@@H](N3CCN(C(c4ccccc4)c4ccccc4)CC3)C2=O)cc1OC. The van der Waals surface area contributed by atoms with E-state index in [1.165, 1.54) is 16.0 Å². The minimum atomic E-state index is -0.373. The number of likely N-dealkylation sites (tertiary alicyclic amines) is 1. The number of methoxy groups -OCH3 is 2. The molecular formula is C31H35N3O4. The molecule has 2 heterocycles. The van der Waals surface area contributed by atoms with Crippen molar-refractivity contribution in [1.29, 1.82) is 0 Å². The van der Waals surface area contributed by atoms with E-state index in [9.17, 15) is 9.59 Å². The van der Waals surface area contributed by atoms with E-state index in [-0.39, 0.29) is 30.3 Å². The van der Waals surface area contributed by atoms with E-state index < -0.39 is 0 Å². The van der Waals surface area contributed by atoms with Crippen LogP contribution in [0.15, 0.2) is 78.9 Å². The van der Waals surface area contributed by atoms with Crippen LogP contribution in [0.5, 0.6) is 11.5 Å². The van der Waals surface area contributed by atoms with Crippen LogP contribution in [0.25, 0.3) is 0 Å². The molecular weight excluding hydrogens is 478 g/mol. The molecule has 0 saturated carbocycles. The van der Waals surface area contributed by atoms with Gasteiger partial charge in [-0.2, -0.15) is 0 Å². The van der Waals surface area contributed by atoms with E-state index in [4.69, 9.17) is 9.47 Å². The molecule has 7 nitrogen and oxygen atoms in total. The van der Waals surface area contributed by atoms with E-state index in [0.717, 1.165) is 31.7 Å². The van der Waals surface area contributed by atoms with Crippen LogP contribution in [0.3, 0.4) is 0 Å². The maximum Gasteiger partial charge on any atom is 0.247 e. The van der Waals surface area contributed by atoms with Crippen LogP contribution in [-0.4, -0.2) is 79.5 Å². The van der Waals surface area contributed by atoms with E-state index in [1.807, 2.05) is 30.3 Å². The Morgan fingerprint density at radius 2 is 1.39 bits per heavy atom. The first-order chi connectivity index (χ1) is 18.6. The van der Waals surface area contributed by atoms with Crippen molar-refractivity contribution in [2.45, 2.75) is 24.9 Å². The average Bonchev–Trinajstić information content (AvgIpc) is 3.26. The maximum atomic E-state index is 13.3. The van der Waals surface area contributed by atoms with Crippen molar-refractivity contribution >= 4 is 11.8 Å². The topological polar surface area (TPSA) is 62.3 Å². The fraction of sp³-hybridized carbons (Fsp3) is 0.355. The highest BCUT2D eigenvalue weighted by Gasteiger charge is 2.42. The second-order valence-corrected chi connectivity index (χ2v) is 9.84. The second-order valence-electron chi connectivity index (χ2n) is 9.84. The van der Waals surface area contributed by atoms with Crippen LogP contribution in [0.1, 0.15) is 29.2 Å². The van der Waals surface area contributed by atoms with Crippen molar-refractivity contribution in [3.8, 4) is 11.5 Å². The monoisotopic (exact) mass is 513 g/mol. The molecule has 2 aliphatic rings. The van der Waals surface area contributed by atoms with Gasteiger partial charge in [0.05, 0.1) is 32.7 Å². The van der Waals surface area contributed by atoms with Gasteiger partial charge in [-0.05, 0) is 35.2 Å². The molecule has 0 radical (unpaired) electrons. The number of benzene rings is 3. The van der Waals surface area contributed by atoms with E-state index in [0.29, 0.717) is 24.5 Å². The van der Waals surface area contributed by atoms with Gasteiger partial charge in [-0.15, -0.1) is 0 Å². The Labute approximate surface area is 224 Å². The number of ether oxygens (including phenoxy) is 2. The zero-order valence-corrected chi connectivity index (χ0v) is 22.1. The second kappa shape index (κ2) is 11.8. The van der Waals surface area contributed by atoms with Gasteiger partial charge >= 0.3 is 0 Å². The maximum absolute atomic E-state index is 13.3. The van der Waals surface area contributed by atoms with Gasteiger partial charge in [-0.3, -0.25) is 24.3 Å². The summed E-state index contributed by atoms with van der Waals surface area (Å²) >= 11 is 0. The largest absolute Gasteiger partial charge is 0.493 e. The number of amides is 2. The molecule has 3 aromatic rings. The molecule has 0 N–H and O–H groups in total. The number of nitrogens with zero attached hydrogens (tertiary/aromatic N) is 3. The summed E-state index contributed by atoms with van der Waals surface area (Å²) < 4.78 is 10.7. The lowest BCUT2D eigenvalue weighted by molar-refractivity contribution is -0.139. The number of imide groups is 1. The molecule has 0 unspecified atom stereocenters. The summed E-state index contributed by atoms with van der Waals surface area (Å²) in [6.07, 6.45) is 0.833. The van der Waals surface area contributed by atoms with Crippen molar-refractivity contribution in [3.63, 3.8) is 0 Å². The highest BCUT2D eigenvalue weighted by atomic mass is 16.5. The van der Waals surface area contributed by atoms with Gasteiger partial charge in [0.15, 0.2) is 11.5 Å². The van der Waals surface area contributed by atoms with E-state index >= 15 is 0 Å². The molecule has 2 saturated heterocycles. The summed E-state index contributed by atoms with van der Waals surface area (Å²) in [5, 5.41) is 0. The molecule has 2 fully saturated rings. The summed E-state index contributed by atoms with van der Waals surface area (Å²) in [6, 6.07) is 26.6. The zero-order valence-electron chi connectivity index (χ0n) is 22.1. The Bertz CT molecular complexity index is 1200. The lowest BCUT2D eigenvalue weighted by Crippen LogP contribution is -2.53. The minimum absolute atomic E-state index is 0.0772. The van der Waals surface area contributed by atoms with Crippen LogP contribution in [0, 0.1) is 0 Å². The molecule has 0 spiro atoms. The van der Waals surface area contributed by atoms with Crippen LogP contribution >= 0.6 is 0 Å². The molecule has 0 bridgehead atoms. The molecule has 3 aromatic carbocycles. The standard InChI is InChI=1S/C31H35N3O4/c1-37-27-14-13-23(21-28(27)38-2)15-16-34-29(35)22-26(31(34)36)32-17-19-33(20-18-32)30(24-9-5-3-6-10-24)25-11-7-4-8-12-25/h3-14,21,26,30H,15-20,22H2,1-2H3/t26-/m1/s1. The molecule has 198 valence electrons. The lowest BCUT2D eigenvalue weighted by atomic mass is 9.96. The van der Waals surface area contributed by atoms with Gasteiger partial charge in [0.2, 0.25) is 11.8 Å². The minimum Gasteiger partial charge on any atom is -0.493 e. The van der Waals surface area contributed by atoms with Gasteiger partial charge in [0.1, 0.15) is 0 Å². The fourth-order valence-corrected chi connectivity index (χ4v) is 5.65. The molecule has 2 amide bonds. The number of hydrogen-bond donors (Lipinski definition) is 0. The van der Waals surface area contributed by atoms with Gasteiger partial charge < -0.3 is 9.47 Å². The Balaban J connectivity index is 1.22. The molecule has 1 atom stereocenters. The Morgan fingerprint density at radius 3 is 1.97 bits per heavy atom. The Hall–Kier alpha value is -3.68. The molecule has 2 aliphatic heterocycles. The van der Waals surface area contributed by atoms with Crippen LogP contribution < -0.4 is 9.47 Å². The first-order valence-corrected chi connectivity index (χ1v) is 13.2. The summed E-state index contributed by atoms with van der Waals surface area (Å²) in [5.41, 5.74) is 3.52. The summed E-state index contributed by atoms with van der Waals surface area (Å²) in [5.74, 6) is 1.13. The van der Waals surface area contributed by atoms with Crippen molar-refractivity contribution in [2.75, 3.05) is 46.9 Å². The Kier molecular flexibility index (Phi) is 8.05. The predicted octanol–water partition coefficient (Wildman–Crippen LogP) is 3.78. The van der Waals surface area contributed by atoms with Gasteiger partial charge in [-0.25, -0.2) is 0 Å². The highest BCUT2D eigenvalue weighted by Crippen LogP contribution is 2.31. The molecule has 7 heteroatoms.